The van der Waals surface area contributed by atoms with Gasteiger partial charge in [0.15, 0.2) is 0 Å². The molecule has 1 aliphatic rings. The Kier molecular flexibility index (Phi) is 6.64. The maximum absolute atomic E-state index is 13.3. The van der Waals surface area contributed by atoms with E-state index >= 15 is 0 Å². The van der Waals surface area contributed by atoms with Crippen molar-refractivity contribution in [1.82, 2.24) is 4.90 Å². The maximum Gasteiger partial charge on any atom is 0.257 e. The predicted octanol–water partition coefficient (Wildman–Crippen LogP) is 5.60. The number of piperidine rings is 1. The number of carbonyl (C=O) groups excluding carboxylic acids is 1. The lowest BCUT2D eigenvalue weighted by atomic mass is 9.89. The number of hydrogen-bond donors (Lipinski definition) is 1. The van der Waals surface area contributed by atoms with Crippen molar-refractivity contribution in [2.45, 2.75) is 26.2 Å². The molecule has 0 spiro atoms. The molecule has 3 aromatic rings. The molecule has 0 atom stereocenters. The van der Waals surface area contributed by atoms with E-state index in [4.69, 9.17) is 9.47 Å². The van der Waals surface area contributed by atoms with Gasteiger partial charge >= 0.3 is 0 Å². The van der Waals surface area contributed by atoms with Crippen LogP contribution in [0, 0.1) is 12.8 Å². The van der Waals surface area contributed by atoms with Gasteiger partial charge in [0, 0.05) is 13.1 Å². The van der Waals surface area contributed by atoms with Gasteiger partial charge in [-0.3, -0.25) is 4.79 Å². The van der Waals surface area contributed by atoms with E-state index in [1.165, 1.54) is 0 Å². The van der Waals surface area contributed by atoms with E-state index < -0.39 is 0 Å². The zero-order chi connectivity index (χ0) is 22.5. The van der Waals surface area contributed by atoms with Crippen molar-refractivity contribution in [2.75, 3.05) is 20.2 Å². The fourth-order valence-corrected chi connectivity index (χ4v) is 4.21. The first-order chi connectivity index (χ1) is 15.5. The summed E-state index contributed by atoms with van der Waals surface area (Å²) in [5.41, 5.74) is 2.58. The third-order valence-electron chi connectivity index (χ3n) is 6.03. The Balaban J connectivity index is 1.41. The first kappa shape index (κ1) is 21.8. The average molecular weight is 432 g/mol. The molecular formula is C27H29NO4. The fourth-order valence-electron chi connectivity index (χ4n) is 4.21. The summed E-state index contributed by atoms with van der Waals surface area (Å²) in [6.45, 7) is 3.39. The minimum Gasteiger partial charge on any atom is -0.508 e. The molecule has 0 unspecified atom stereocenters. The van der Waals surface area contributed by atoms with Crippen molar-refractivity contribution >= 4 is 5.91 Å². The van der Waals surface area contributed by atoms with Crippen LogP contribution in [0.15, 0.2) is 66.7 Å². The predicted molar refractivity (Wildman–Crippen MR) is 125 cm³/mol. The average Bonchev–Trinajstić information content (AvgIpc) is 2.81. The third-order valence-corrected chi connectivity index (χ3v) is 6.03. The van der Waals surface area contributed by atoms with Gasteiger partial charge < -0.3 is 19.5 Å². The summed E-state index contributed by atoms with van der Waals surface area (Å²) in [7, 11) is 1.63. The van der Waals surface area contributed by atoms with Crippen LogP contribution in [0.4, 0.5) is 0 Å². The topological polar surface area (TPSA) is 59.0 Å². The van der Waals surface area contributed by atoms with Gasteiger partial charge in [-0.05, 0) is 85.7 Å². The first-order valence-corrected chi connectivity index (χ1v) is 11.0. The van der Waals surface area contributed by atoms with E-state index in [0.717, 1.165) is 41.9 Å². The molecule has 1 aliphatic heterocycles. The van der Waals surface area contributed by atoms with Gasteiger partial charge in [-0.15, -0.1) is 0 Å². The van der Waals surface area contributed by atoms with Gasteiger partial charge in [-0.2, -0.15) is 0 Å². The van der Waals surface area contributed by atoms with Crippen molar-refractivity contribution in [1.29, 1.82) is 0 Å². The molecule has 1 fully saturated rings. The zero-order valence-electron chi connectivity index (χ0n) is 18.6. The number of amides is 1. The summed E-state index contributed by atoms with van der Waals surface area (Å²) in [4.78, 5) is 15.2. The van der Waals surface area contributed by atoms with Gasteiger partial charge in [0.05, 0.1) is 12.7 Å². The SMILES string of the molecule is COc1ccc(O)c(CC2CCN(C(=O)c3ccccc3Oc3cccc(C)c3)CC2)c1. The van der Waals surface area contributed by atoms with Crippen molar-refractivity contribution in [2.24, 2.45) is 5.92 Å². The largest absolute Gasteiger partial charge is 0.508 e. The number of benzene rings is 3. The van der Waals surface area contributed by atoms with E-state index in [-0.39, 0.29) is 5.91 Å². The van der Waals surface area contributed by atoms with Crippen LogP contribution in [-0.2, 0) is 6.42 Å². The van der Waals surface area contributed by atoms with Crippen LogP contribution in [0.3, 0.4) is 0 Å². The molecule has 4 rings (SSSR count). The number of aryl methyl sites for hydroxylation is 1. The number of carbonyl (C=O) groups is 1. The second kappa shape index (κ2) is 9.77. The Labute approximate surface area is 189 Å². The Morgan fingerprint density at radius 2 is 1.78 bits per heavy atom. The second-order valence-corrected chi connectivity index (χ2v) is 8.35. The van der Waals surface area contributed by atoms with Crippen LogP contribution >= 0.6 is 0 Å². The van der Waals surface area contributed by atoms with Crippen LogP contribution in [0.25, 0.3) is 0 Å². The number of para-hydroxylation sites is 1. The fraction of sp³-hybridized carbons (Fsp3) is 0.296. The molecule has 5 nitrogen and oxygen atoms in total. The molecule has 5 heteroatoms. The lowest BCUT2D eigenvalue weighted by molar-refractivity contribution is 0.0687. The monoisotopic (exact) mass is 431 g/mol. The Bertz CT molecular complexity index is 1090. The Hall–Kier alpha value is -3.47. The molecule has 166 valence electrons. The zero-order valence-corrected chi connectivity index (χ0v) is 18.6. The van der Waals surface area contributed by atoms with Crippen LogP contribution < -0.4 is 9.47 Å². The molecule has 0 aromatic heterocycles. The van der Waals surface area contributed by atoms with Crippen molar-refractivity contribution in [3.63, 3.8) is 0 Å². The van der Waals surface area contributed by atoms with E-state index in [1.807, 2.05) is 66.4 Å². The molecule has 1 heterocycles. The summed E-state index contributed by atoms with van der Waals surface area (Å²) < 4.78 is 11.3. The lowest BCUT2D eigenvalue weighted by Crippen LogP contribution is -2.39. The number of aromatic hydroxyl groups is 1. The van der Waals surface area contributed by atoms with Crippen LogP contribution in [0.2, 0.25) is 0 Å². The summed E-state index contributed by atoms with van der Waals surface area (Å²) in [6.07, 6.45) is 2.56. The smallest absolute Gasteiger partial charge is 0.257 e. The van der Waals surface area contributed by atoms with Gasteiger partial charge in [0.2, 0.25) is 0 Å². The van der Waals surface area contributed by atoms with E-state index in [0.29, 0.717) is 36.1 Å². The highest BCUT2D eigenvalue weighted by Gasteiger charge is 2.26. The normalized spacial score (nSPS) is 14.2. The van der Waals surface area contributed by atoms with Gasteiger partial charge in [-0.1, -0.05) is 24.3 Å². The van der Waals surface area contributed by atoms with Crippen LogP contribution in [0.5, 0.6) is 23.0 Å². The summed E-state index contributed by atoms with van der Waals surface area (Å²) >= 11 is 0. The van der Waals surface area contributed by atoms with Crippen LogP contribution in [-0.4, -0.2) is 36.1 Å². The molecule has 0 saturated carbocycles. The standard InChI is InChI=1S/C27H29NO4/c1-19-6-5-7-23(16-19)32-26-9-4-3-8-24(26)27(30)28-14-12-20(13-15-28)17-21-18-22(31-2)10-11-25(21)29/h3-11,16,18,20,29H,12-15,17H2,1-2H3. The third kappa shape index (κ3) is 5.05. The minimum absolute atomic E-state index is 0.00377. The molecule has 0 aliphatic carbocycles. The van der Waals surface area contributed by atoms with Crippen molar-refractivity contribution in [3.05, 3.63) is 83.4 Å². The maximum atomic E-state index is 13.3. The molecule has 32 heavy (non-hydrogen) atoms. The highest BCUT2D eigenvalue weighted by atomic mass is 16.5. The Morgan fingerprint density at radius 3 is 2.53 bits per heavy atom. The number of phenolic OH excluding ortho intramolecular Hbond substituents is 1. The van der Waals surface area contributed by atoms with E-state index in [1.54, 1.807) is 19.2 Å². The van der Waals surface area contributed by atoms with Crippen molar-refractivity contribution in [3.8, 4) is 23.0 Å². The van der Waals surface area contributed by atoms with Gasteiger partial charge in [0.25, 0.3) is 5.91 Å². The number of phenols is 1. The quantitative estimate of drug-likeness (QED) is 0.552. The highest BCUT2D eigenvalue weighted by molar-refractivity contribution is 5.97. The molecular weight excluding hydrogens is 402 g/mol. The summed E-state index contributed by atoms with van der Waals surface area (Å²) in [5.74, 6) is 2.75. The van der Waals surface area contributed by atoms with Gasteiger partial charge in [-0.25, -0.2) is 0 Å². The molecule has 1 saturated heterocycles. The Morgan fingerprint density at radius 1 is 1.00 bits per heavy atom. The molecule has 3 aromatic carbocycles. The number of ether oxygens (including phenoxy) is 2. The molecule has 0 bridgehead atoms. The van der Waals surface area contributed by atoms with E-state index in [9.17, 15) is 9.90 Å². The summed E-state index contributed by atoms with van der Waals surface area (Å²) in [6, 6.07) is 20.6. The number of nitrogens with zero attached hydrogens (tertiary/aromatic N) is 1. The molecule has 1 N–H and O–H groups in total. The summed E-state index contributed by atoms with van der Waals surface area (Å²) in [5, 5.41) is 10.2. The number of hydrogen-bond acceptors (Lipinski definition) is 4. The highest BCUT2D eigenvalue weighted by Crippen LogP contribution is 2.31. The van der Waals surface area contributed by atoms with E-state index in [2.05, 4.69) is 0 Å². The first-order valence-electron chi connectivity index (χ1n) is 11.0. The number of rotatable bonds is 6. The molecule has 0 radical (unpaired) electrons. The second-order valence-electron chi connectivity index (χ2n) is 8.35. The number of likely N-dealkylation sites (tertiary alicyclic amines) is 1. The lowest BCUT2D eigenvalue weighted by Gasteiger charge is -2.32. The van der Waals surface area contributed by atoms with Crippen LogP contribution in [0.1, 0.15) is 34.3 Å². The number of methoxy groups -OCH3 is 1. The van der Waals surface area contributed by atoms with Gasteiger partial charge in [0.1, 0.15) is 23.0 Å². The minimum atomic E-state index is -0.00377. The van der Waals surface area contributed by atoms with Crippen molar-refractivity contribution < 1.29 is 19.4 Å². The molecule has 1 amide bonds.